The first-order chi connectivity index (χ1) is 8.97. The molecule has 0 amide bonds. The molecule has 0 saturated heterocycles. The average molecular weight is 256 g/mol. The number of nitrogens with zero attached hydrogens (tertiary/aromatic N) is 1. The van der Waals surface area contributed by atoms with Crippen LogP contribution in [0.5, 0.6) is 0 Å². The molecular weight excluding hydrogens is 232 g/mol. The first kappa shape index (κ1) is 13.9. The minimum Gasteiger partial charge on any atom is -0.326 e. The van der Waals surface area contributed by atoms with Crippen molar-refractivity contribution in [1.29, 1.82) is 0 Å². The highest BCUT2D eigenvalue weighted by atomic mass is 15.0. The Balaban J connectivity index is 2.75. The Bertz CT molecular complexity index is 592. The molecule has 2 rings (SSSR count). The van der Waals surface area contributed by atoms with Crippen LogP contribution in [0.2, 0.25) is 0 Å². The monoisotopic (exact) mass is 256 g/mol. The molecule has 0 aliphatic rings. The number of benzene rings is 1. The van der Waals surface area contributed by atoms with E-state index in [1.807, 2.05) is 0 Å². The van der Waals surface area contributed by atoms with Crippen molar-refractivity contribution >= 4 is 0 Å². The van der Waals surface area contributed by atoms with Crippen LogP contribution in [0.4, 0.5) is 0 Å². The third-order valence-electron chi connectivity index (χ3n) is 3.87. The predicted octanol–water partition coefficient (Wildman–Crippen LogP) is 3.98. The first-order valence-corrected chi connectivity index (χ1v) is 6.95. The lowest BCUT2D eigenvalue weighted by Crippen LogP contribution is -2.07. The molecule has 1 aromatic carbocycles. The van der Waals surface area contributed by atoms with E-state index in [0.29, 0.717) is 12.5 Å². The Hall–Kier alpha value is -1.54. The maximum atomic E-state index is 5.83. The maximum absolute atomic E-state index is 5.83. The number of para-hydroxylation sites is 1. The molecule has 0 saturated carbocycles. The molecule has 1 heterocycles. The van der Waals surface area contributed by atoms with E-state index >= 15 is 0 Å². The Labute approximate surface area is 116 Å². The Morgan fingerprint density at radius 2 is 1.84 bits per heavy atom. The Kier molecular flexibility index (Phi) is 3.81. The first-order valence-electron chi connectivity index (χ1n) is 6.95. The van der Waals surface area contributed by atoms with E-state index in [1.165, 1.54) is 33.8 Å². The molecule has 0 aliphatic heterocycles. The van der Waals surface area contributed by atoms with Crippen LogP contribution in [-0.2, 0) is 6.54 Å². The second-order valence-corrected chi connectivity index (χ2v) is 5.60. The maximum Gasteiger partial charge on any atom is 0.0518 e. The highest BCUT2D eigenvalue weighted by Gasteiger charge is 2.16. The summed E-state index contributed by atoms with van der Waals surface area (Å²) in [6, 6.07) is 8.76. The minimum absolute atomic E-state index is 0.512. The van der Waals surface area contributed by atoms with E-state index in [-0.39, 0.29) is 0 Å². The zero-order chi connectivity index (χ0) is 14.2. The van der Waals surface area contributed by atoms with Gasteiger partial charge in [-0.15, -0.1) is 0 Å². The average Bonchev–Trinajstić information content (AvgIpc) is 2.64. The molecule has 0 atom stereocenters. The van der Waals surface area contributed by atoms with Crippen molar-refractivity contribution in [3.8, 4) is 5.69 Å². The normalized spacial score (nSPS) is 11.3. The fraction of sp³-hybridized carbons (Fsp3) is 0.412. The van der Waals surface area contributed by atoms with Gasteiger partial charge in [-0.2, -0.15) is 0 Å². The third kappa shape index (κ3) is 2.33. The fourth-order valence-electron chi connectivity index (χ4n) is 2.83. The van der Waals surface area contributed by atoms with Gasteiger partial charge in [-0.05, 0) is 49.4 Å². The highest BCUT2D eigenvalue weighted by Crippen LogP contribution is 2.30. The number of aromatic nitrogens is 1. The molecular formula is C17H24N2. The Morgan fingerprint density at radius 3 is 2.37 bits per heavy atom. The van der Waals surface area contributed by atoms with Crippen molar-refractivity contribution < 1.29 is 0 Å². The van der Waals surface area contributed by atoms with E-state index in [9.17, 15) is 0 Å². The summed E-state index contributed by atoms with van der Waals surface area (Å²) in [6.45, 7) is 11.6. The molecule has 0 radical (unpaired) electrons. The van der Waals surface area contributed by atoms with Gasteiger partial charge in [0, 0.05) is 17.9 Å². The third-order valence-corrected chi connectivity index (χ3v) is 3.87. The van der Waals surface area contributed by atoms with Gasteiger partial charge >= 0.3 is 0 Å². The molecule has 0 aliphatic carbocycles. The van der Waals surface area contributed by atoms with E-state index < -0.39 is 0 Å². The quantitative estimate of drug-likeness (QED) is 0.884. The van der Waals surface area contributed by atoms with Crippen LogP contribution in [0.3, 0.4) is 0 Å². The predicted molar refractivity (Wildman–Crippen MR) is 82.0 cm³/mol. The summed E-state index contributed by atoms with van der Waals surface area (Å²) in [5, 5.41) is 0. The van der Waals surface area contributed by atoms with Crippen molar-refractivity contribution in [2.24, 2.45) is 5.73 Å². The topological polar surface area (TPSA) is 30.9 Å². The summed E-state index contributed by atoms with van der Waals surface area (Å²) < 4.78 is 2.35. The molecule has 0 spiro atoms. The van der Waals surface area contributed by atoms with Gasteiger partial charge in [0.15, 0.2) is 0 Å². The summed E-state index contributed by atoms with van der Waals surface area (Å²) in [4.78, 5) is 0. The smallest absolute Gasteiger partial charge is 0.0518 e. The largest absolute Gasteiger partial charge is 0.326 e. The van der Waals surface area contributed by atoms with Gasteiger partial charge in [-0.1, -0.05) is 32.0 Å². The highest BCUT2D eigenvalue weighted by molar-refractivity contribution is 5.52. The zero-order valence-electron chi connectivity index (χ0n) is 12.6. The molecule has 0 bridgehead atoms. The van der Waals surface area contributed by atoms with Crippen LogP contribution < -0.4 is 5.73 Å². The number of hydrogen-bond acceptors (Lipinski definition) is 1. The second-order valence-electron chi connectivity index (χ2n) is 5.60. The molecule has 2 N–H and O–H groups in total. The van der Waals surface area contributed by atoms with E-state index in [1.54, 1.807) is 0 Å². The molecule has 2 heteroatoms. The van der Waals surface area contributed by atoms with Crippen LogP contribution in [-0.4, -0.2) is 4.57 Å². The summed E-state index contributed by atoms with van der Waals surface area (Å²) in [6.07, 6.45) is 0. The summed E-state index contributed by atoms with van der Waals surface area (Å²) in [7, 11) is 0. The molecule has 2 nitrogen and oxygen atoms in total. The van der Waals surface area contributed by atoms with Crippen LogP contribution in [0.15, 0.2) is 24.3 Å². The van der Waals surface area contributed by atoms with Gasteiger partial charge in [-0.25, -0.2) is 0 Å². The molecule has 102 valence electrons. The van der Waals surface area contributed by atoms with Crippen LogP contribution in [0.25, 0.3) is 5.69 Å². The van der Waals surface area contributed by atoms with Gasteiger partial charge in [0.05, 0.1) is 5.69 Å². The lowest BCUT2D eigenvalue weighted by atomic mass is 9.98. The number of aryl methyl sites for hydroxylation is 2. The van der Waals surface area contributed by atoms with Crippen molar-refractivity contribution in [3.63, 3.8) is 0 Å². The van der Waals surface area contributed by atoms with Crippen LogP contribution in [0, 0.1) is 20.8 Å². The summed E-state index contributed by atoms with van der Waals surface area (Å²) in [5.74, 6) is 0.512. The molecule has 1 aromatic heterocycles. The SMILES string of the molecule is Cc1cccc(C(C)C)c1-n1c(C)cc(CN)c1C. The fourth-order valence-corrected chi connectivity index (χ4v) is 2.83. The number of hydrogen-bond donors (Lipinski definition) is 1. The lowest BCUT2D eigenvalue weighted by molar-refractivity contribution is 0.828. The number of nitrogens with two attached hydrogens (primary N) is 1. The van der Waals surface area contributed by atoms with Crippen molar-refractivity contribution in [2.75, 3.05) is 0 Å². The molecule has 2 aromatic rings. The molecule has 19 heavy (non-hydrogen) atoms. The van der Waals surface area contributed by atoms with E-state index in [2.05, 4.69) is 63.5 Å². The number of rotatable bonds is 3. The molecule has 0 unspecified atom stereocenters. The van der Waals surface area contributed by atoms with Crippen molar-refractivity contribution in [2.45, 2.75) is 47.1 Å². The second kappa shape index (κ2) is 5.22. The summed E-state index contributed by atoms with van der Waals surface area (Å²) in [5.41, 5.74) is 13.6. The van der Waals surface area contributed by atoms with Gasteiger partial charge in [0.2, 0.25) is 0 Å². The Morgan fingerprint density at radius 1 is 1.16 bits per heavy atom. The van der Waals surface area contributed by atoms with Crippen molar-refractivity contribution in [3.05, 3.63) is 52.3 Å². The van der Waals surface area contributed by atoms with Crippen LogP contribution in [0.1, 0.15) is 47.8 Å². The lowest BCUT2D eigenvalue weighted by Gasteiger charge is -2.20. The summed E-state index contributed by atoms with van der Waals surface area (Å²) >= 11 is 0. The van der Waals surface area contributed by atoms with Crippen molar-refractivity contribution in [1.82, 2.24) is 4.57 Å². The standard InChI is InChI=1S/C17H24N2/c1-11(2)16-8-6-7-12(3)17(16)19-13(4)9-15(10-18)14(19)5/h6-9,11H,10,18H2,1-5H3. The van der Waals surface area contributed by atoms with Gasteiger partial charge in [0.25, 0.3) is 0 Å². The minimum atomic E-state index is 0.512. The van der Waals surface area contributed by atoms with E-state index in [0.717, 1.165) is 0 Å². The van der Waals surface area contributed by atoms with Gasteiger partial charge in [-0.3, -0.25) is 0 Å². The molecule has 0 fully saturated rings. The van der Waals surface area contributed by atoms with Crippen LogP contribution >= 0.6 is 0 Å². The van der Waals surface area contributed by atoms with E-state index in [4.69, 9.17) is 5.73 Å². The van der Waals surface area contributed by atoms with Gasteiger partial charge in [0.1, 0.15) is 0 Å². The van der Waals surface area contributed by atoms with Gasteiger partial charge < -0.3 is 10.3 Å². The zero-order valence-corrected chi connectivity index (χ0v) is 12.6.